The van der Waals surface area contributed by atoms with Gasteiger partial charge >= 0.3 is 0 Å². The minimum Gasteiger partial charge on any atom is -0.348 e. The van der Waals surface area contributed by atoms with Crippen molar-refractivity contribution in [3.05, 3.63) is 77.1 Å². The molecule has 4 aromatic rings. The molecule has 2 heterocycles. The van der Waals surface area contributed by atoms with Crippen LogP contribution in [0.15, 0.2) is 65.1 Å². The summed E-state index contributed by atoms with van der Waals surface area (Å²) in [5, 5.41) is 15.2. The topological polar surface area (TPSA) is 72.7 Å². The molecular formula is C22H21N5OS2. The molecule has 1 amide bonds. The van der Waals surface area contributed by atoms with E-state index in [9.17, 15) is 4.79 Å². The molecule has 1 N–H and O–H groups in total. The van der Waals surface area contributed by atoms with Crippen molar-refractivity contribution in [1.82, 2.24) is 25.1 Å². The highest BCUT2D eigenvalue weighted by Gasteiger charge is 2.16. The fourth-order valence-electron chi connectivity index (χ4n) is 3.11. The number of para-hydroxylation sites is 1. The summed E-state index contributed by atoms with van der Waals surface area (Å²) in [4.78, 5) is 17.1. The van der Waals surface area contributed by atoms with E-state index < -0.39 is 0 Å². The molecular weight excluding hydrogens is 414 g/mol. The Hall–Kier alpha value is -2.97. The number of hydrogen-bond acceptors (Lipinski definition) is 6. The maximum atomic E-state index is 12.5. The average Bonchev–Trinajstić information content (AvgIpc) is 3.40. The Morgan fingerprint density at radius 3 is 2.63 bits per heavy atom. The standard InChI is InChI=1S/C22H21N5OS2/c1-15-8-6-7-11-18(15)27-19(25-26-22(27)29-2)13-23-20(28)12-17-14-30-21(24-17)16-9-4-3-5-10-16/h3-11,14H,12-13H2,1-2H3,(H,23,28). The van der Waals surface area contributed by atoms with E-state index >= 15 is 0 Å². The van der Waals surface area contributed by atoms with E-state index in [0.717, 1.165) is 32.7 Å². The molecule has 0 spiro atoms. The average molecular weight is 436 g/mol. The van der Waals surface area contributed by atoms with Gasteiger partial charge in [0.2, 0.25) is 5.91 Å². The first-order valence-corrected chi connectivity index (χ1v) is 11.6. The Kier molecular flexibility index (Phi) is 6.25. The fourth-order valence-corrected chi connectivity index (χ4v) is 4.44. The number of rotatable bonds is 7. The minimum absolute atomic E-state index is 0.0926. The minimum atomic E-state index is -0.0926. The van der Waals surface area contributed by atoms with Gasteiger partial charge in [0.25, 0.3) is 0 Å². The summed E-state index contributed by atoms with van der Waals surface area (Å²) >= 11 is 3.07. The second kappa shape index (κ2) is 9.23. The van der Waals surface area contributed by atoms with Crippen molar-refractivity contribution in [3.8, 4) is 16.3 Å². The normalized spacial score (nSPS) is 10.9. The molecule has 0 aliphatic carbocycles. The quantitative estimate of drug-likeness (QED) is 0.439. The molecule has 6 nitrogen and oxygen atoms in total. The van der Waals surface area contributed by atoms with E-state index in [4.69, 9.17) is 0 Å². The number of nitrogens with one attached hydrogen (secondary N) is 1. The first-order chi connectivity index (χ1) is 14.7. The number of aromatic nitrogens is 4. The molecule has 0 fully saturated rings. The van der Waals surface area contributed by atoms with Crippen molar-refractivity contribution in [2.75, 3.05) is 6.26 Å². The van der Waals surface area contributed by atoms with Crippen LogP contribution in [0.5, 0.6) is 0 Å². The van der Waals surface area contributed by atoms with Gasteiger partial charge in [-0.15, -0.1) is 21.5 Å². The van der Waals surface area contributed by atoms with Crippen LogP contribution >= 0.6 is 23.1 Å². The zero-order valence-corrected chi connectivity index (χ0v) is 18.3. The maximum absolute atomic E-state index is 12.5. The first kappa shape index (κ1) is 20.3. The molecule has 0 radical (unpaired) electrons. The highest BCUT2D eigenvalue weighted by atomic mass is 32.2. The van der Waals surface area contributed by atoms with Crippen LogP contribution < -0.4 is 5.32 Å². The Bertz CT molecular complexity index is 1150. The summed E-state index contributed by atoms with van der Waals surface area (Å²) < 4.78 is 2.00. The van der Waals surface area contributed by atoms with Crippen LogP contribution in [0.3, 0.4) is 0 Å². The molecule has 0 saturated heterocycles. The first-order valence-electron chi connectivity index (χ1n) is 9.46. The number of thioether (sulfide) groups is 1. The van der Waals surface area contributed by atoms with Crippen molar-refractivity contribution in [2.24, 2.45) is 0 Å². The number of aryl methyl sites for hydroxylation is 1. The van der Waals surface area contributed by atoms with Crippen molar-refractivity contribution in [2.45, 2.75) is 25.0 Å². The molecule has 30 heavy (non-hydrogen) atoms. The van der Waals surface area contributed by atoms with E-state index in [1.165, 1.54) is 11.8 Å². The monoisotopic (exact) mass is 435 g/mol. The van der Waals surface area contributed by atoms with Gasteiger partial charge in [0.1, 0.15) is 5.01 Å². The number of nitrogens with zero attached hydrogens (tertiary/aromatic N) is 4. The molecule has 0 aliphatic rings. The number of hydrogen-bond donors (Lipinski definition) is 1. The van der Waals surface area contributed by atoms with Gasteiger partial charge in [-0.2, -0.15) is 0 Å². The van der Waals surface area contributed by atoms with Crippen LogP contribution in [0, 0.1) is 6.92 Å². The number of carbonyl (C=O) groups excluding carboxylic acids is 1. The molecule has 2 aromatic heterocycles. The summed E-state index contributed by atoms with van der Waals surface area (Å²) in [6.07, 6.45) is 2.20. The van der Waals surface area contributed by atoms with Gasteiger partial charge in [0.15, 0.2) is 11.0 Å². The van der Waals surface area contributed by atoms with Crippen LogP contribution in [0.25, 0.3) is 16.3 Å². The lowest BCUT2D eigenvalue weighted by molar-refractivity contribution is -0.120. The lowest BCUT2D eigenvalue weighted by atomic mass is 10.2. The molecule has 0 aliphatic heterocycles. The predicted octanol–water partition coefficient (Wildman–Crippen LogP) is 4.28. The fraction of sp³-hybridized carbons (Fsp3) is 0.182. The second-order valence-corrected chi connectivity index (χ2v) is 8.32. The molecule has 0 bridgehead atoms. The van der Waals surface area contributed by atoms with E-state index in [0.29, 0.717) is 12.4 Å². The summed E-state index contributed by atoms with van der Waals surface area (Å²) in [5.74, 6) is 0.607. The van der Waals surface area contributed by atoms with Gasteiger partial charge in [0, 0.05) is 10.9 Å². The van der Waals surface area contributed by atoms with E-state index in [2.05, 4.69) is 20.5 Å². The van der Waals surface area contributed by atoms with Crippen LogP contribution in [-0.4, -0.2) is 31.9 Å². The van der Waals surface area contributed by atoms with Crippen molar-refractivity contribution >= 4 is 29.0 Å². The van der Waals surface area contributed by atoms with Gasteiger partial charge in [-0.1, -0.05) is 60.3 Å². The van der Waals surface area contributed by atoms with Gasteiger partial charge in [-0.05, 0) is 24.8 Å². The van der Waals surface area contributed by atoms with E-state index in [-0.39, 0.29) is 12.3 Å². The third-order valence-electron chi connectivity index (χ3n) is 4.60. The van der Waals surface area contributed by atoms with Crippen LogP contribution in [0.4, 0.5) is 0 Å². The molecule has 0 unspecified atom stereocenters. The second-order valence-electron chi connectivity index (χ2n) is 6.69. The van der Waals surface area contributed by atoms with Crippen molar-refractivity contribution in [1.29, 1.82) is 0 Å². The number of amides is 1. The smallest absolute Gasteiger partial charge is 0.226 e. The number of thiazole rings is 1. The molecule has 2 aromatic carbocycles. The highest BCUT2D eigenvalue weighted by Crippen LogP contribution is 2.24. The molecule has 8 heteroatoms. The van der Waals surface area contributed by atoms with E-state index in [1.54, 1.807) is 11.3 Å². The molecule has 0 atom stereocenters. The number of carbonyl (C=O) groups is 1. The molecule has 4 rings (SSSR count). The van der Waals surface area contributed by atoms with Gasteiger partial charge in [-0.25, -0.2) is 4.98 Å². The van der Waals surface area contributed by atoms with Crippen LogP contribution in [0.2, 0.25) is 0 Å². The predicted molar refractivity (Wildman–Crippen MR) is 121 cm³/mol. The Morgan fingerprint density at radius 1 is 1.10 bits per heavy atom. The lowest BCUT2D eigenvalue weighted by Crippen LogP contribution is -2.26. The largest absolute Gasteiger partial charge is 0.348 e. The zero-order valence-electron chi connectivity index (χ0n) is 16.7. The molecule has 0 saturated carbocycles. The summed E-state index contributed by atoms with van der Waals surface area (Å²) in [5.41, 5.74) is 3.96. The summed E-state index contributed by atoms with van der Waals surface area (Å²) in [7, 11) is 0. The SMILES string of the molecule is CSc1nnc(CNC(=O)Cc2csc(-c3ccccc3)n2)n1-c1ccccc1C. The lowest BCUT2D eigenvalue weighted by Gasteiger charge is -2.12. The summed E-state index contributed by atoms with van der Waals surface area (Å²) in [6.45, 7) is 2.35. The van der Waals surface area contributed by atoms with E-state index in [1.807, 2.05) is 77.7 Å². The third-order valence-corrected chi connectivity index (χ3v) is 6.17. The zero-order chi connectivity index (χ0) is 20.9. The molecule has 152 valence electrons. The maximum Gasteiger partial charge on any atom is 0.226 e. The highest BCUT2D eigenvalue weighted by molar-refractivity contribution is 7.98. The third kappa shape index (κ3) is 4.44. The van der Waals surface area contributed by atoms with Gasteiger partial charge in [0.05, 0.1) is 24.3 Å². The number of benzene rings is 2. The van der Waals surface area contributed by atoms with Crippen LogP contribution in [-0.2, 0) is 17.8 Å². The summed E-state index contributed by atoms with van der Waals surface area (Å²) in [6, 6.07) is 18.0. The van der Waals surface area contributed by atoms with Crippen molar-refractivity contribution in [3.63, 3.8) is 0 Å². The Morgan fingerprint density at radius 2 is 1.87 bits per heavy atom. The Balaban J connectivity index is 1.44. The van der Waals surface area contributed by atoms with Gasteiger partial charge < -0.3 is 5.32 Å². The van der Waals surface area contributed by atoms with Gasteiger partial charge in [-0.3, -0.25) is 9.36 Å². The Labute approximate surface area is 183 Å². The van der Waals surface area contributed by atoms with Crippen LogP contribution in [0.1, 0.15) is 17.1 Å². The van der Waals surface area contributed by atoms with Crippen molar-refractivity contribution < 1.29 is 4.79 Å².